The number of ether oxygens (including phenoxy) is 3. The van der Waals surface area contributed by atoms with Crippen LogP contribution >= 0.6 is 0 Å². The Bertz CT molecular complexity index is 1460. The van der Waals surface area contributed by atoms with Gasteiger partial charge in [0, 0.05) is 6.42 Å². The number of carbonyl (C=O) groups is 2. The molecule has 0 aromatic heterocycles. The van der Waals surface area contributed by atoms with Crippen LogP contribution in [-0.2, 0) is 23.8 Å². The van der Waals surface area contributed by atoms with Gasteiger partial charge in [-0.15, -0.1) is 0 Å². The predicted octanol–water partition coefficient (Wildman–Crippen LogP) is 13.6. The molecule has 0 aliphatic carbocycles. The van der Waals surface area contributed by atoms with Crippen LogP contribution in [0.5, 0.6) is 0 Å². The van der Waals surface area contributed by atoms with Crippen molar-refractivity contribution in [3.05, 3.63) is 72.9 Å². The molecule has 1 rings (SSSR count). The number of rotatable bonds is 49. The third-order valence-corrected chi connectivity index (χ3v) is 13.6. The van der Waals surface area contributed by atoms with Crippen LogP contribution in [-0.4, -0.2) is 99.6 Å². The van der Waals surface area contributed by atoms with Crippen LogP contribution in [0.3, 0.4) is 0 Å². The number of amides is 1. The minimum absolute atomic E-state index is 0.110. The van der Waals surface area contributed by atoms with E-state index in [1.165, 1.54) is 116 Å². The first-order valence-electron chi connectivity index (χ1n) is 29.7. The molecule has 0 aromatic rings. The maximum absolute atomic E-state index is 13.4. The van der Waals surface area contributed by atoms with Crippen LogP contribution in [0.4, 0.5) is 0 Å². The van der Waals surface area contributed by atoms with Crippen molar-refractivity contribution in [3.63, 3.8) is 0 Å². The van der Waals surface area contributed by atoms with Gasteiger partial charge in [-0.1, -0.05) is 222 Å². The van der Waals surface area contributed by atoms with Gasteiger partial charge in [0.15, 0.2) is 12.4 Å². The number of hydrogen-bond acceptors (Lipinski definition) is 10. The van der Waals surface area contributed by atoms with Crippen LogP contribution in [0.2, 0.25) is 0 Å². The number of esters is 1. The van der Waals surface area contributed by atoms with Gasteiger partial charge in [-0.3, -0.25) is 9.59 Å². The summed E-state index contributed by atoms with van der Waals surface area (Å²) in [7, 11) is 0. The average Bonchev–Trinajstić information content (AvgIpc) is 3.39. The van der Waals surface area contributed by atoms with Gasteiger partial charge in [0.25, 0.3) is 0 Å². The van der Waals surface area contributed by atoms with Gasteiger partial charge in [-0.2, -0.15) is 0 Å². The lowest BCUT2D eigenvalue weighted by molar-refractivity contribution is -0.305. The van der Waals surface area contributed by atoms with Crippen LogP contribution in [0.1, 0.15) is 245 Å². The van der Waals surface area contributed by atoms with Gasteiger partial charge in [0.2, 0.25) is 5.91 Å². The van der Waals surface area contributed by atoms with E-state index in [0.717, 1.165) is 83.5 Å². The molecule has 1 aliphatic rings. The second-order valence-electron chi connectivity index (χ2n) is 20.4. The van der Waals surface area contributed by atoms with Crippen LogP contribution in [0, 0.1) is 0 Å². The Labute approximate surface area is 445 Å². The molecular weight excluding hydrogens is 919 g/mol. The van der Waals surface area contributed by atoms with Crippen molar-refractivity contribution in [2.24, 2.45) is 0 Å². The molecule has 422 valence electrons. The van der Waals surface area contributed by atoms with E-state index < -0.39 is 67.4 Å². The first kappa shape index (κ1) is 68.1. The summed E-state index contributed by atoms with van der Waals surface area (Å²) in [6.45, 7) is 5.70. The molecule has 11 heteroatoms. The smallest absolute Gasteiger partial charge is 0.306 e. The van der Waals surface area contributed by atoms with E-state index in [-0.39, 0.29) is 19.4 Å². The third-order valence-electron chi connectivity index (χ3n) is 13.6. The Balaban J connectivity index is 2.78. The van der Waals surface area contributed by atoms with Crippen LogP contribution in [0.25, 0.3) is 0 Å². The first-order chi connectivity index (χ1) is 35.7. The van der Waals surface area contributed by atoms with Crippen molar-refractivity contribution in [1.29, 1.82) is 0 Å². The number of aliphatic hydroxyl groups is 5. The monoisotopic (exact) mass is 1030 g/mol. The Morgan fingerprint density at radius 2 is 0.945 bits per heavy atom. The fraction of sp³-hybridized carbons (Fsp3) is 0.774. The minimum atomic E-state index is -1.63. The number of nitrogens with one attached hydrogen (secondary N) is 1. The van der Waals surface area contributed by atoms with Gasteiger partial charge < -0.3 is 45.1 Å². The molecule has 6 N–H and O–H groups in total. The number of allylic oxidation sites excluding steroid dienone is 11. The fourth-order valence-electron chi connectivity index (χ4n) is 8.81. The fourth-order valence-corrected chi connectivity index (χ4v) is 8.81. The van der Waals surface area contributed by atoms with Crippen molar-refractivity contribution in [2.45, 2.75) is 294 Å². The van der Waals surface area contributed by atoms with Crippen molar-refractivity contribution >= 4 is 11.9 Å². The molecule has 0 spiro atoms. The summed E-state index contributed by atoms with van der Waals surface area (Å²) in [4.78, 5) is 26.5. The molecule has 73 heavy (non-hydrogen) atoms. The molecule has 0 saturated carbocycles. The molecule has 0 radical (unpaired) electrons. The molecular formula is C62H109NO10. The summed E-state index contributed by atoms with van der Waals surface area (Å²) in [5.74, 6) is -1.26. The van der Waals surface area contributed by atoms with Crippen molar-refractivity contribution in [3.8, 4) is 0 Å². The lowest BCUT2D eigenvalue weighted by atomic mass is 9.99. The van der Waals surface area contributed by atoms with Crippen LogP contribution in [0.15, 0.2) is 72.9 Å². The number of unbranched alkanes of at least 4 members (excludes halogenated alkanes) is 25. The van der Waals surface area contributed by atoms with Gasteiger partial charge in [-0.05, 0) is 89.9 Å². The number of hydrogen-bond donors (Lipinski definition) is 6. The second-order valence-corrected chi connectivity index (χ2v) is 20.4. The standard InChI is InChI=1S/C62H109NO10/c1-4-7-10-13-16-19-22-25-27-29-31-34-37-40-43-46-49-55(66)61(70)63-53(54(65)48-45-42-39-36-33-30-24-21-18-15-12-9-6-3)52-71-62-60(59(69)58(68)56(51-64)72-62)73-57(67)50-47-44-41-38-35-32-28-26-23-20-17-14-11-8-5-2/h16,19-20,23,25,27,31,34,40,43,45,48,53-56,58-60,62,64-66,68-69H,4-15,17-18,21-22,24,26,28-30,32-33,35-39,41-42,44,46-47,49-52H2,1-3H3,(H,63,70)/b19-16-,23-20-,27-25-,34-31-,43-40-,48-45+. The largest absolute Gasteiger partial charge is 0.454 e. The summed E-state index contributed by atoms with van der Waals surface area (Å²) >= 11 is 0. The zero-order chi connectivity index (χ0) is 53.3. The summed E-state index contributed by atoms with van der Waals surface area (Å²) in [5, 5.41) is 56.8. The van der Waals surface area contributed by atoms with Gasteiger partial charge in [-0.25, -0.2) is 0 Å². The summed E-state index contributed by atoms with van der Waals surface area (Å²) in [6.07, 6.45) is 52.3. The Morgan fingerprint density at radius 3 is 1.47 bits per heavy atom. The Hall–Kier alpha value is -2.90. The van der Waals surface area contributed by atoms with Crippen molar-refractivity contribution < 1.29 is 49.3 Å². The van der Waals surface area contributed by atoms with Gasteiger partial charge in [0.1, 0.15) is 24.4 Å². The summed E-state index contributed by atoms with van der Waals surface area (Å²) in [6, 6.07) is -1.06. The van der Waals surface area contributed by atoms with Crippen LogP contribution < -0.4 is 5.32 Å². The molecule has 0 bridgehead atoms. The zero-order valence-electron chi connectivity index (χ0n) is 46.5. The Morgan fingerprint density at radius 1 is 0.534 bits per heavy atom. The SMILES string of the molecule is CCCCC/C=C\C/C=C\C/C=C\C/C=C\CCC(O)C(=O)NC(COC1OC(CO)C(O)C(O)C1OC(=O)CCCCCCCCC/C=C\CCCCCC)C(O)/C=C/CCCCCCCCCCCCC. The lowest BCUT2D eigenvalue weighted by Gasteiger charge is -2.41. The maximum atomic E-state index is 13.4. The molecule has 1 saturated heterocycles. The van der Waals surface area contributed by atoms with Gasteiger partial charge in [0.05, 0.1) is 25.4 Å². The van der Waals surface area contributed by atoms with Crippen molar-refractivity contribution in [1.82, 2.24) is 5.32 Å². The van der Waals surface area contributed by atoms with E-state index in [1.54, 1.807) is 6.08 Å². The maximum Gasteiger partial charge on any atom is 0.306 e. The molecule has 8 atom stereocenters. The zero-order valence-corrected chi connectivity index (χ0v) is 46.5. The molecule has 0 aromatic carbocycles. The molecule has 1 amide bonds. The first-order valence-corrected chi connectivity index (χ1v) is 29.7. The topological polar surface area (TPSA) is 175 Å². The molecule has 1 heterocycles. The molecule has 8 unspecified atom stereocenters. The summed E-state index contributed by atoms with van der Waals surface area (Å²) in [5.41, 5.74) is 0. The highest BCUT2D eigenvalue weighted by Crippen LogP contribution is 2.26. The van der Waals surface area contributed by atoms with E-state index >= 15 is 0 Å². The Kier molecular flexibility index (Phi) is 46.6. The highest BCUT2D eigenvalue weighted by molar-refractivity contribution is 5.80. The van der Waals surface area contributed by atoms with E-state index in [2.05, 4.69) is 74.7 Å². The van der Waals surface area contributed by atoms with E-state index in [0.29, 0.717) is 12.8 Å². The molecule has 11 nitrogen and oxygen atoms in total. The predicted molar refractivity (Wildman–Crippen MR) is 301 cm³/mol. The normalized spacial score (nSPS) is 19.9. The minimum Gasteiger partial charge on any atom is -0.454 e. The third kappa shape index (κ3) is 38.3. The highest BCUT2D eigenvalue weighted by Gasteiger charge is 2.47. The highest BCUT2D eigenvalue weighted by atomic mass is 16.7. The van der Waals surface area contributed by atoms with E-state index in [9.17, 15) is 35.1 Å². The van der Waals surface area contributed by atoms with Gasteiger partial charge >= 0.3 is 5.97 Å². The molecule has 1 fully saturated rings. The molecule has 1 aliphatic heterocycles. The van der Waals surface area contributed by atoms with Crippen molar-refractivity contribution in [2.75, 3.05) is 13.2 Å². The lowest BCUT2D eigenvalue weighted by Crippen LogP contribution is -2.61. The number of aliphatic hydroxyl groups excluding tert-OH is 5. The average molecular weight is 1030 g/mol. The van der Waals surface area contributed by atoms with E-state index in [1.807, 2.05) is 18.2 Å². The quantitative estimate of drug-likeness (QED) is 0.0195. The number of carbonyl (C=O) groups excluding carboxylic acids is 2. The van der Waals surface area contributed by atoms with E-state index in [4.69, 9.17) is 14.2 Å². The second kappa shape index (κ2) is 49.9. The summed E-state index contributed by atoms with van der Waals surface area (Å²) < 4.78 is 17.6.